The SMILES string of the molecule is COc1ccc(CCNC(=O)c2ccc(NC(=N[C@H]3C[C@H]4C[C@@H]([C@@H]3C)C4(C)C)N3CCC[C@@H](C)C3)cc2)c(F)c1. The number of rotatable bonds is 7. The normalized spacial score (nSPS) is 27.5. The van der Waals surface area contributed by atoms with Gasteiger partial charge in [0.25, 0.3) is 5.91 Å². The molecule has 3 saturated carbocycles. The van der Waals surface area contributed by atoms with E-state index in [1.165, 1.54) is 38.9 Å². The largest absolute Gasteiger partial charge is 0.497 e. The van der Waals surface area contributed by atoms with E-state index in [1.807, 2.05) is 24.3 Å². The van der Waals surface area contributed by atoms with Crippen molar-refractivity contribution in [1.82, 2.24) is 10.2 Å². The van der Waals surface area contributed by atoms with Gasteiger partial charge in [-0.1, -0.05) is 33.8 Å². The quantitative estimate of drug-likeness (QED) is 0.311. The Morgan fingerprint density at radius 3 is 2.58 bits per heavy atom. The number of anilines is 1. The summed E-state index contributed by atoms with van der Waals surface area (Å²) in [5.41, 5.74) is 2.50. The summed E-state index contributed by atoms with van der Waals surface area (Å²) in [7, 11) is 1.51. The van der Waals surface area contributed by atoms with Gasteiger partial charge in [-0.3, -0.25) is 4.79 Å². The number of benzene rings is 2. The summed E-state index contributed by atoms with van der Waals surface area (Å²) in [6.45, 7) is 12.0. The van der Waals surface area contributed by atoms with E-state index in [1.54, 1.807) is 12.1 Å². The van der Waals surface area contributed by atoms with Crippen molar-refractivity contribution in [3.8, 4) is 5.75 Å². The van der Waals surface area contributed by atoms with Crippen LogP contribution in [0.5, 0.6) is 5.75 Å². The number of aliphatic imine (C=N–C) groups is 1. The Hall–Kier alpha value is -3.09. The molecule has 216 valence electrons. The minimum atomic E-state index is -0.326. The number of hydrogen-bond donors (Lipinski definition) is 2. The van der Waals surface area contributed by atoms with Crippen LogP contribution in [0.15, 0.2) is 47.5 Å². The van der Waals surface area contributed by atoms with Gasteiger partial charge in [-0.15, -0.1) is 0 Å². The highest BCUT2D eigenvalue weighted by Crippen LogP contribution is 2.61. The molecule has 1 saturated heterocycles. The number of ether oxygens (including phenoxy) is 1. The molecule has 0 unspecified atom stereocenters. The third kappa shape index (κ3) is 5.98. The minimum Gasteiger partial charge on any atom is -0.497 e. The van der Waals surface area contributed by atoms with Crippen LogP contribution in [0, 0.1) is 34.9 Å². The number of halogens is 1. The molecule has 6 nitrogen and oxygen atoms in total. The lowest BCUT2D eigenvalue weighted by Crippen LogP contribution is -2.56. The fourth-order valence-electron chi connectivity index (χ4n) is 7.13. The van der Waals surface area contributed by atoms with E-state index in [-0.39, 0.29) is 11.7 Å². The Morgan fingerprint density at radius 2 is 1.93 bits per heavy atom. The first kappa shape index (κ1) is 28.4. The summed E-state index contributed by atoms with van der Waals surface area (Å²) >= 11 is 0. The van der Waals surface area contributed by atoms with Crippen molar-refractivity contribution in [1.29, 1.82) is 0 Å². The average molecular weight is 549 g/mol. The predicted molar refractivity (Wildman–Crippen MR) is 159 cm³/mol. The van der Waals surface area contributed by atoms with E-state index in [4.69, 9.17) is 9.73 Å². The molecule has 3 aliphatic carbocycles. The first-order valence-electron chi connectivity index (χ1n) is 15.0. The summed E-state index contributed by atoms with van der Waals surface area (Å²) in [6.07, 6.45) is 5.37. The lowest BCUT2D eigenvalue weighted by Gasteiger charge is -2.61. The van der Waals surface area contributed by atoms with Crippen molar-refractivity contribution in [3.05, 3.63) is 59.4 Å². The molecule has 1 amide bonds. The summed E-state index contributed by atoms with van der Waals surface area (Å²) < 4.78 is 19.3. The molecule has 2 aromatic carbocycles. The van der Waals surface area contributed by atoms with Gasteiger partial charge in [0, 0.05) is 37.0 Å². The van der Waals surface area contributed by atoms with Gasteiger partial charge < -0.3 is 20.3 Å². The van der Waals surface area contributed by atoms with Gasteiger partial charge in [-0.2, -0.15) is 0 Å². The molecule has 2 bridgehead atoms. The van der Waals surface area contributed by atoms with Gasteiger partial charge in [0.1, 0.15) is 11.6 Å². The monoisotopic (exact) mass is 548 g/mol. The Morgan fingerprint density at radius 1 is 1.15 bits per heavy atom. The number of carbonyl (C=O) groups excluding carboxylic acids is 1. The zero-order chi connectivity index (χ0) is 28.4. The number of amides is 1. The molecule has 7 heteroatoms. The van der Waals surface area contributed by atoms with Crippen LogP contribution in [0.4, 0.5) is 10.1 Å². The Kier molecular flexibility index (Phi) is 8.39. The van der Waals surface area contributed by atoms with E-state index in [0.29, 0.717) is 53.1 Å². The van der Waals surface area contributed by atoms with Gasteiger partial charge in [-0.25, -0.2) is 9.38 Å². The molecule has 2 N–H and O–H groups in total. The molecular weight excluding hydrogens is 503 g/mol. The minimum absolute atomic E-state index is 0.169. The van der Waals surface area contributed by atoms with Crippen LogP contribution in [0.2, 0.25) is 0 Å². The molecule has 0 radical (unpaired) electrons. The van der Waals surface area contributed by atoms with Crippen molar-refractivity contribution in [3.63, 3.8) is 0 Å². The lowest BCUT2D eigenvalue weighted by atomic mass is 9.45. The van der Waals surface area contributed by atoms with Gasteiger partial charge >= 0.3 is 0 Å². The number of methoxy groups -OCH3 is 1. The molecule has 1 heterocycles. The zero-order valence-corrected chi connectivity index (χ0v) is 24.7. The molecule has 1 aliphatic heterocycles. The maximum absolute atomic E-state index is 14.2. The second-order valence-electron chi connectivity index (χ2n) is 12.8. The van der Waals surface area contributed by atoms with Crippen molar-refractivity contribution < 1.29 is 13.9 Å². The van der Waals surface area contributed by atoms with Crippen molar-refractivity contribution >= 4 is 17.6 Å². The second-order valence-corrected chi connectivity index (χ2v) is 12.8. The summed E-state index contributed by atoms with van der Waals surface area (Å²) in [4.78, 5) is 20.5. The van der Waals surface area contributed by atoms with Crippen LogP contribution in [-0.4, -0.2) is 49.6 Å². The first-order chi connectivity index (χ1) is 19.2. The number of nitrogens with one attached hydrogen (secondary N) is 2. The smallest absolute Gasteiger partial charge is 0.251 e. The molecule has 5 atom stereocenters. The van der Waals surface area contributed by atoms with Crippen LogP contribution in [-0.2, 0) is 6.42 Å². The highest BCUT2D eigenvalue weighted by Gasteiger charge is 2.56. The molecule has 0 aromatic heterocycles. The highest BCUT2D eigenvalue weighted by atomic mass is 19.1. The van der Waals surface area contributed by atoms with Gasteiger partial charge in [0.05, 0.1) is 13.2 Å². The van der Waals surface area contributed by atoms with Crippen molar-refractivity contribution in [2.24, 2.45) is 34.1 Å². The predicted octanol–water partition coefficient (Wildman–Crippen LogP) is 6.38. The number of fused-ring (bicyclic) bond motifs is 2. The number of likely N-dealkylation sites (tertiary alicyclic amines) is 1. The fraction of sp³-hybridized carbons (Fsp3) is 0.576. The number of piperidine rings is 1. The van der Waals surface area contributed by atoms with Crippen LogP contribution in [0.25, 0.3) is 0 Å². The van der Waals surface area contributed by atoms with Crippen LogP contribution >= 0.6 is 0 Å². The Labute approximate surface area is 238 Å². The van der Waals surface area contributed by atoms with Gasteiger partial charge in [0.15, 0.2) is 5.96 Å². The van der Waals surface area contributed by atoms with Crippen LogP contribution < -0.4 is 15.4 Å². The molecule has 6 rings (SSSR count). The Balaban J connectivity index is 1.22. The fourth-order valence-corrected chi connectivity index (χ4v) is 7.13. The maximum atomic E-state index is 14.2. The van der Waals surface area contributed by atoms with E-state index < -0.39 is 0 Å². The van der Waals surface area contributed by atoms with Gasteiger partial charge in [-0.05, 0) is 97.1 Å². The second kappa shape index (κ2) is 11.8. The van der Waals surface area contributed by atoms with Crippen LogP contribution in [0.1, 0.15) is 69.3 Å². The first-order valence-corrected chi connectivity index (χ1v) is 15.0. The van der Waals surface area contributed by atoms with E-state index in [0.717, 1.165) is 36.6 Å². The molecule has 2 aromatic rings. The summed E-state index contributed by atoms with van der Waals surface area (Å²) in [5, 5.41) is 6.53. The maximum Gasteiger partial charge on any atom is 0.251 e. The number of nitrogens with zero attached hydrogens (tertiary/aromatic N) is 2. The average Bonchev–Trinajstić information content (AvgIpc) is 2.94. The van der Waals surface area contributed by atoms with E-state index >= 15 is 0 Å². The third-order valence-electron chi connectivity index (χ3n) is 9.90. The topological polar surface area (TPSA) is 66.0 Å². The van der Waals surface area contributed by atoms with E-state index in [2.05, 4.69) is 43.2 Å². The van der Waals surface area contributed by atoms with Crippen molar-refractivity contribution in [2.45, 2.75) is 65.8 Å². The van der Waals surface area contributed by atoms with Crippen LogP contribution in [0.3, 0.4) is 0 Å². The summed E-state index contributed by atoms with van der Waals surface area (Å²) in [5.74, 6) is 3.70. The number of carbonyl (C=O) groups is 1. The molecule has 40 heavy (non-hydrogen) atoms. The molecular formula is C33H45FN4O2. The number of guanidine groups is 1. The van der Waals surface area contributed by atoms with E-state index in [9.17, 15) is 9.18 Å². The zero-order valence-electron chi connectivity index (χ0n) is 24.7. The summed E-state index contributed by atoms with van der Waals surface area (Å²) in [6, 6.07) is 12.7. The standard InChI is InChI=1S/C33H45FN4O2/c1-21-7-6-16-38(20-21)32(37-30-18-25-17-28(22(30)2)33(25,3)4)36-26-11-8-24(9-12-26)31(39)35-15-14-23-10-13-27(40-5)19-29(23)34/h8-13,19,21-22,25,28,30H,6-7,14-18,20H2,1-5H3,(H,35,39)(H,36,37)/t21-,22+,25-,28+,30+/m1/s1. The van der Waals surface area contributed by atoms with Crippen molar-refractivity contribution in [2.75, 3.05) is 32.1 Å². The molecule has 0 spiro atoms. The van der Waals surface area contributed by atoms with Gasteiger partial charge in [0.2, 0.25) is 0 Å². The number of hydrogen-bond acceptors (Lipinski definition) is 3. The Bertz CT molecular complexity index is 1230. The molecule has 4 aliphatic rings. The lowest BCUT2D eigenvalue weighted by molar-refractivity contribution is -0.108. The third-order valence-corrected chi connectivity index (χ3v) is 9.90. The molecule has 4 fully saturated rings. The highest BCUT2D eigenvalue weighted by molar-refractivity contribution is 5.96.